The Balaban J connectivity index is 5.18. The van der Waals surface area contributed by atoms with Crippen LogP contribution in [0.4, 0.5) is 0 Å². The van der Waals surface area contributed by atoms with Gasteiger partial charge in [-0.25, -0.2) is 0 Å². The lowest BCUT2D eigenvalue weighted by atomic mass is 9.68. The maximum Gasteiger partial charge on any atom is 0.310 e. The maximum absolute atomic E-state index is 11.5. The van der Waals surface area contributed by atoms with Crippen molar-refractivity contribution in [2.45, 2.75) is 53.4 Å². The fraction of sp³-hybridized carbons (Fsp3) is 0.846. The van der Waals surface area contributed by atoms with Gasteiger partial charge < -0.3 is 10.2 Å². The van der Waals surface area contributed by atoms with Crippen LogP contribution in [-0.4, -0.2) is 22.2 Å². The highest BCUT2D eigenvalue weighted by Crippen LogP contribution is 2.40. The summed E-state index contributed by atoms with van der Waals surface area (Å²) in [5.41, 5.74) is -1.12. The molecule has 0 aliphatic carbocycles. The summed E-state index contributed by atoms with van der Waals surface area (Å²) < 4.78 is 0. The number of rotatable bonds is 8. The van der Waals surface area contributed by atoms with E-state index in [0.717, 1.165) is 6.42 Å². The van der Waals surface area contributed by atoms with Gasteiger partial charge in [0.05, 0.1) is 11.3 Å². The molecule has 17 heavy (non-hydrogen) atoms. The van der Waals surface area contributed by atoms with Gasteiger partial charge in [-0.1, -0.05) is 27.7 Å². The summed E-state index contributed by atoms with van der Waals surface area (Å²) >= 11 is 0. The Hall–Kier alpha value is -1.06. The second kappa shape index (κ2) is 6.62. The van der Waals surface area contributed by atoms with Crippen LogP contribution in [0.15, 0.2) is 0 Å². The molecule has 0 aromatic carbocycles. The zero-order valence-corrected chi connectivity index (χ0v) is 11.2. The van der Waals surface area contributed by atoms with Crippen LogP contribution in [0, 0.1) is 17.3 Å². The molecule has 0 aliphatic rings. The van der Waals surface area contributed by atoms with E-state index in [1.54, 1.807) is 13.8 Å². The summed E-state index contributed by atoms with van der Waals surface area (Å²) in [5.74, 6) is -2.40. The van der Waals surface area contributed by atoms with E-state index in [1.165, 1.54) is 0 Å². The number of aliphatic carboxylic acids is 2. The third-order valence-corrected chi connectivity index (χ3v) is 3.60. The molecule has 2 atom stereocenters. The summed E-state index contributed by atoms with van der Waals surface area (Å²) in [4.78, 5) is 22.7. The summed E-state index contributed by atoms with van der Waals surface area (Å²) in [6, 6.07) is 0. The topological polar surface area (TPSA) is 74.6 Å². The first kappa shape index (κ1) is 15.9. The van der Waals surface area contributed by atoms with Gasteiger partial charge in [-0.3, -0.25) is 9.59 Å². The molecule has 0 heterocycles. The standard InChI is InChI=1S/C13H24O4/c1-5-10(11(14)15)13(6-2,12(16)17)8-7-9(3)4/h9-10H,5-8H2,1-4H3,(H,14,15)(H,16,17). The number of carboxylic acids is 2. The van der Waals surface area contributed by atoms with E-state index in [9.17, 15) is 19.8 Å². The summed E-state index contributed by atoms with van der Waals surface area (Å²) in [5, 5.41) is 18.6. The first-order valence-corrected chi connectivity index (χ1v) is 6.28. The molecule has 2 N–H and O–H groups in total. The minimum atomic E-state index is -1.12. The fourth-order valence-electron chi connectivity index (χ4n) is 2.35. The molecule has 0 fully saturated rings. The van der Waals surface area contributed by atoms with Gasteiger partial charge in [0.2, 0.25) is 0 Å². The minimum absolute atomic E-state index is 0.355. The van der Waals surface area contributed by atoms with Gasteiger partial charge in [0.1, 0.15) is 0 Å². The molecule has 4 nitrogen and oxygen atoms in total. The number of carbonyl (C=O) groups is 2. The predicted molar refractivity (Wildman–Crippen MR) is 65.8 cm³/mol. The van der Waals surface area contributed by atoms with Crippen molar-refractivity contribution in [3.8, 4) is 0 Å². The summed E-state index contributed by atoms with van der Waals surface area (Å²) in [6.07, 6.45) is 1.89. The fourth-order valence-corrected chi connectivity index (χ4v) is 2.35. The Bertz CT molecular complexity index is 273. The summed E-state index contributed by atoms with van der Waals surface area (Å²) in [7, 11) is 0. The van der Waals surface area contributed by atoms with Gasteiger partial charge in [-0.2, -0.15) is 0 Å². The number of hydrogen-bond donors (Lipinski definition) is 2. The summed E-state index contributed by atoms with van der Waals surface area (Å²) in [6.45, 7) is 7.54. The monoisotopic (exact) mass is 244 g/mol. The highest BCUT2D eigenvalue weighted by molar-refractivity contribution is 5.83. The molecule has 0 spiro atoms. The average molecular weight is 244 g/mol. The zero-order valence-electron chi connectivity index (χ0n) is 11.2. The van der Waals surface area contributed by atoms with Crippen LogP contribution >= 0.6 is 0 Å². The van der Waals surface area contributed by atoms with E-state index < -0.39 is 23.3 Å². The van der Waals surface area contributed by atoms with Gasteiger partial charge >= 0.3 is 11.9 Å². The minimum Gasteiger partial charge on any atom is -0.481 e. The maximum atomic E-state index is 11.5. The molecule has 0 saturated carbocycles. The Morgan fingerprint density at radius 1 is 1.18 bits per heavy atom. The van der Waals surface area contributed by atoms with Crippen LogP contribution in [0.2, 0.25) is 0 Å². The Kier molecular flexibility index (Phi) is 6.21. The van der Waals surface area contributed by atoms with Crippen molar-refractivity contribution in [2.75, 3.05) is 0 Å². The molecular formula is C13H24O4. The van der Waals surface area contributed by atoms with Crippen molar-refractivity contribution in [1.82, 2.24) is 0 Å². The van der Waals surface area contributed by atoms with Crippen LogP contribution < -0.4 is 0 Å². The molecule has 0 aromatic heterocycles. The van der Waals surface area contributed by atoms with Crippen LogP contribution in [-0.2, 0) is 9.59 Å². The lowest BCUT2D eigenvalue weighted by Gasteiger charge is -2.34. The van der Waals surface area contributed by atoms with Crippen LogP contribution in [0.3, 0.4) is 0 Å². The zero-order chi connectivity index (χ0) is 13.6. The van der Waals surface area contributed by atoms with E-state index >= 15 is 0 Å². The molecule has 0 amide bonds. The van der Waals surface area contributed by atoms with E-state index in [0.29, 0.717) is 25.2 Å². The molecule has 0 saturated heterocycles. The quantitative estimate of drug-likeness (QED) is 0.688. The molecule has 0 aromatic rings. The second-order valence-electron chi connectivity index (χ2n) is 5.05. The molecule has 2 unspecified atom stereocenters. The molecular weight excluding hydrogens is 220 g/mol. The third kappa shape index (κ3) is 3.72. The van der Waals surface area contributed by atoms with Crippen molar-refractivity contribution in [3.63, 3.8) is 0 Å². The Morgan fingerprint density at radius 2 is 1.71 bits per heavy atom. The van der Waals surface area contributed by atoms with E-state index in [2.05, 4.69) is 0 Å². The van der Waals surface area contributed by atoms with Crippen molar-refractivity contribution >= 4 is 11.9 Å². The molecule has 4 heteroatoms. The van der Waals surface area contributed by atoms with Gasteiger partial charge in [0.25, 0.3) is 0 Å². The number of carboxylic acid groups (broad SMARTS) is 2. The van der Waals surface area contributed by atoms with Crippen molar-refractivity contribution in [1.29, 1.82) is 0 Å². The number of hydrogen-bond acceptors (Lipinski definition) is 2. The SMILES string of the molecule is CCC(C(=O)O)C(CC)(CCC(C)C)C(=O)O. The van der Waals surface area contributed by atoms with Crippen LogP contribution in [0.1, 0.15) is 53.4 Å². The first-order chi connectivity index (χ1) is 7.81. The Labute approximate surface area is 103 Å². The van der Waals surface area contributed by atoms with E-state index in [-0.39, 0.29) is 0 Å². The van der Waals surface area contributed by atoms with Crippen LogP contribution in [0.5, 0.6) is 0 Å². The molecule has 0 radical (unpaired) electrons. The normalized spacial score (nSPS) is 16.5. The third-order valence-electron chi connectivity index (χ3n) is 3.60. The average Bonchev–Trinajstić information content (AvgIpc) is 2.22. The highest BCUT2D eigenvalue weighted by atomic mass is 16.4. The Morgan fingerprint density at radius 3 is 1.94 bits per heavy atom. The second-order valence-corrected chi connectivity index (χ2v) is 5.05. The molecule has 0 bridgehead atoms. The van der Waals surface area contributed by atoms with Gasteiger partial charge in [-0.05, 0) is 31.6 Å². The highest BCUT2D eigenvalue weighted by Gasteiger charge is 2.46. The molecule has 100 valence electrons. The van der Waals surface area contributed by atoms with Crippen molar-refractivity contribution in [3.05, 3.63) is 0 Å². The largest absolute Gasteiger partial charge is 0.481 e. The van der Waals surface area contributed by atoms with Gasteiger partial charge in [0.15, 0.2) is 0 Å². The smallest absolute Gasteiger partial charge is 0.310 e. The van der Waals surface area contributed by atoms with Gasteiger partial charge in [-0.15, -0.1) is 0 Å². The lowest BCUT2D eigenvalue weighted by Crippen LogP contribution is -2.42. The molecule has 0 aliphatic heterocycles. The van der Waals surface area contributed by atoms with E-state index in [4.69, 9.17) is 0 Å². The van der Waals surface area contributed by atoms with Crippen molar-refractivity contribution in [2.24, 2.45) is 17.3 Å². The van der Waals surface area contributed by atoms with Gasteiger partial charge in [0, 0.05) is 0 Å². The predicted octanol–water partition coefficient (Wildman–Crippen LogP) is 3.01. The molecule has 0 rings (SSSR count). The lowest BCUT2D eigenvalue weighted by molar-refractivity contribution is -0.164. The van der Waals surface area contributed by atoms with Crippen LogP contribution in [0.25, 0.3) is 0 Å². The first-order valence-electron chi connectivity index (χ1n) is 6.28. The van der Waals surface area contributed by atoms with Crippen molar-refractivity contribution < 1.29 is 19.8 Å². The van der Waals surface area contributed by atoms with E-state index in [1.807, 2.05) is 13.8 Å².